The molecular formula is C25H19F4N5O3. The zero-order valence-corrected chi connectivity index (χ0v) is 19.2. The first-order chi connectivity index (χ1) is 17.7. The number of benzene rings is 1. The van der Waals surface area contributed by atoms with Gasteiger partial charge in [-0.3, -0.25) is 4.79 Å². The smallest absolute Gasteiger partial charge is 0.387 e. The average molecular weight is 513 g/mol. The Labute approximate surface area is 207 Å². The zero-order valence-electron chi connectivity index (χ0n) is 19.2. The van der Waals surface area contributed by atoms with Gasteiger partial charge in [0.2, 0.25) is 0 Å². The summed E-state index contributed by atoms with van der Waals surface area (Å²) in [6, 6.07) is 7.76. The van der Waals surface area contributed by atoms with E-state index in [4.69, 9.17) is 9.84 Å². The predicted octanol–water partition coefficient (Wildman–Crippen LogP) is 4.35. The molecule has 3 aromatic heterocycles. The van der Waals surface area contributed by atoms with Crippen molar-refractivity contribution < 1.29 is 32.2 Å². The standard InChI is InChI=1S/C25H19F4N5O3/c1-33-16-8-14(18-13(24(33)36)3-2-4-17(18)37-25(28)29)19-15-7-11(5-6-34(15)32-20(16)19)12-9-30-23(31-10-12)21(35)22(26)27/h2-7,9-10,14,16,21-22,25,35H,8H2,1H3/t14-,16-,21-/m1/s1. The Morgan fingerprint density at radius 3 is 2.54 bits per heavy atom. The Hall–Kier alpha value is -4.06. The fourth-order valence-electron chi connectivity index (χ4n) is 5.29. The first kappa shape index (κ1) is 23.3. The van der Waals surface area contributed by atoms with Crippen LogP contribution in [0.25, 0.3) is 16.6 Å². The van der Waals surface area contributed by atoms with Crippen LogP contribution in [0.15, 0.2) is 48.9 Å². The first-order valence-electron chi connectivity index (χ1n) is 11.4. The number of rotatable bonds is 5. The van der Waals surface area contributed by atoms with Gasteiger partial charge < -0.3 is 14.7 Å². The molecule has 1 aromatic carbocycles. The Balaban J connectivity index is 1.49. The van der Waals surface area contributed by atoms with Crippen LogP contribution >= 0.6 is 0 Å². The van der Waals surface area contributed by atoms with Crippen molar-refractivity contribution in [1.29, 1.82) is 0 Å². The van der Waals surface area contributed by atoms with Crippen molar-refractivity contribution in [3.8, 4) is 16.9 Å². The third kappa shape index (κ3) is 3.62. The molecule has 0 fully saturated rings. The normalized spacial score (nSPS) is 19.4. The molecule has 6 rings (SSSR count). The minimum atomic E-state index is -3.05. The van der Waals surface area contributed by atoms with Crippen molar-refractivity contribution in [1.82, 2.24) is 24.5 Å². The van der Waals surface area contributed by atoms with Gasteiger partial charge in [-0.2, -0.15) is 13.9 Å². The number of hydrogen-bond donors (Lipinski definition) is 1. The number of carbonyl (C=O) groups is 1. The number of amides is 1. The Morgan fingerprint density at radius 2 is 1.84 bits per heavy atom. The lowest BCUT2D eigenvalue weighted by molar-refractivity contribution is -0.0505. The summed E-state index contributed by atoms with van der Waals surface area (Å²) >= 11 is 0. The molecule has 4 heterocycles. The van der Waals surface area contributed by atoms with E-state index >= 15 is 0 Å². The number of aliphatic hydroxyl groups excluding tert-OH is 1. The van der Waals surface area contributed by atoms with Crippen molar-refractivity contribution in [2.75, 3.05) is 7.05 Å². The molecule has 8 nitrogen and oxygen atoms in total. The van der Waals surface area contributed by atoms with Crippen molar-refractivity contribution in [3.05, 3.63) is 77.1 Å². The van der Waals surface area contributed by atoms with Crippen LogP contribution in [0.3, 0.4) is 0 Å². The quantitative estimate of drug-likeness (QED) is 0.399. The summed E-state index contributed by atoms with van der Waals surface area (Å²) in [6.07, 6.45) is -0.234. The molecule has 190 valence electrons. The highest BCUT2D eigenvalue weighted by molar-refractivity contribution is 5.98. The van der Waals surface area contributed by atoms with Crippen molar-refractivity contribution in [3.63, 3.8) is 0 Å². The number of fused-ring (bicyclic) bond motifs is 9. The lowest BCUT2D eigenvalue weighted by Gasteiger charge is -2.23. The van der Waals surface area contributed by atoms with Gasteiger partial charge in [-0.1, -0.05) is 6.07 Å². The monoisotopic (exact) mass is 513 g/mol. The van der Waals surface area contributed by atoms with E-state index < -0.39 is 25.1 Å². The van der Waals surface area contributed by atoms with Gasteiger partial charge in [0.25, 0.3) is 12.3 Å². The minimum absolute atomic E-state index is 0.0511. The van der Waals surface area contributed by atoms with Crippen LogP contribution in [0, 0.1) is 0 Å². The van der Waals surface area contributed by atoms with Crippen LogP contribution in [0.4, 0.5) is 17.6 Å². The largest absolute Gasteiger partial charge is 0.434 e. The van der Waals surface area contributed by atoms with Gasteiger partial charge in [-0.15, -0.1) is 0 Å². The lowest BCUT2D eigenvalue weighted by atomic mass is 9.88. The third-order valence-corrected chi connectivity index (χ3v) is 6.98. The number of pyridine rings is 1. The topological polar surface area (TPSA) is 92.9 Å². The SMILES string of the molecule is CN1C(=O)c2cccc(OC(F)F)c2[C@H]2C[C@@H]1c1nn3ccc(-c4cnc([C@H](O)C(F)F)nc4)cc3c12. The van der Waals surface area contributed by atoms with Crippen LogP contribution in [0.2, 0.25) is 0 Å². The Morgan fingerprint density at radius 1 is 1.08 bits per heavy atom. The molecule has 2 bridgehead atoms. The number of aromatic nitrogens is 4. The molecule has 1 amide bonds. The molecule has 0 spiro atoms. The number of aliphatic hydroxyl groups is 1. The number of carbonyl (C=O) groups excluding carboxylic acids is 1. The van der Waals surface area contributed by atoms with E-state index in [2.05, 4.69) is 9.97 Å². The molecule has 1 aliphatic heterocycles. The molecule has 37 heavy (non-hydrogen) atoms. The van der Waals surface area contributed by atoms with Gasteiger partial charge >= 0.3 is 6.61 Å². The van der Waals surface area contributed by atoms with Crippen molar-refractivity contribution >= 4 is 11.4 Å². The fraction of sp³-hybridized carbons (Fsp3) is 0.280. The van der Waals surface area contributed by atoms with Crippen LogP contribution in [0.5, 0.6) is 5.75 Å². The molecule has 0 saturated carbocycles. The summed E-state index contributed by atoms with van der Waals surface area (Å²) in [5.74, 6) is -1.16. The number of nitrogens with zero attached hydrogens (tertiary/aromatic N) is 5. The van der Waals surface area contributed by atoms with Crippen LogP contribution in [-0.2, 0) is 0 Å². The van der Waals surface area contributed by atoms with E-state index in [1.807, 2.05) is 6.07 Å². The van der Waals surface area contributed by atoms with Crippen molar-refractivity contribution in [2.45, 2.75) is 37.5 Å². The highest BCUT2D eigenvalue weighted by Gasteiger charge is 2.46. The highest BCUT2D eigenvalue weighted by Crippen LogP contribution is 2.53. The van der Waals surface area contributed by atoms with Crippen LogP contribution in [0.1, 0.15) is 57.5 Å². The summed E-state index contributed by atoms with van der Waals surface area (Å²) in [5.41, 5.74) is 4.04. The molecule has 0 radical (unpaired) electrons. The average Bonchev–Trinajstić information content (AvgIpc) is 3.41. The molecule has 12 heteroatoms. The molecule has 0 unspecified atom stereocenters. The van der Waals surface area contributed by atoms with E-state index in [1.54, 1.807) is 34.8 Å². The summed E-state index contributed by atoms with van der Waals surface area (Å²) < 4.78 is 58.6. The summed E-state index contributed by atoms with van der Waals surface area (Å²) in [7, 11) is 1.66. The van der Waals surface area contributed by atoms with E-state index in [-0.39, 0.29) is 23.5 Å². The molecule has 1 N–H and O–H groups in total. The van der Waals surface area contributed by atoms with Gasteiger partial charge in [0, 0.05) is 53.8 Å². The maximum absolute atomic E-state index is 13.3. The second-order valence-electron chi connectivity index (χ2n) is 8.97. The molecular weight excluding hydrogens is 494 g/mol. The number of halogens is 4. The summed E-state index contributed by atoms with van der Waals surface area (Å²) in [5, 5.41) is 14.2. The van der Waals surface area contributed by atoms with E-state index in [1.165, 1.54) is 24.5 Å². The maximum atomic E-state index is 13.3. The number of hydrogen-bond acceptors (Lipinski definition) is 6. The zero-order chi connectivity index (χ0) is 26.0. The lowest BCUT2D eigenvalue weighted by Crippen LogP contribution is -2.30. The van der Waals surface area contributed by atoms with Crippen molar-refractivity contribution in [2.24, 2.45) is 0 Å². The summed E-state index contributed by atoms with van der Waals surface area (Å²) in [6.45, 7) is -3.05. The van der Waals surface area contributed by atoms with Gasteiger partial charge in [-0.05, 0) is 36.2 Å². The van der Waals surface area contributed by atoms with Crippen LogP contribution in [-0.4, -0.2) is 55.6 Å². The minimum Gasteiger partial charge on any atom is -0.434 e. The van der Waals surface area contributed by atoms with Crippen LogP contribution < -0.4 is 4.74 Å². The van der Waals surface area contributed by atoms with E-state index in [9.17, 15) is 27.5 Å². The van der Waals surface area contributed by atoms with Gasteiger partial charge in [0.05, 0.1) is 17.3 Å². The number of alkyl halides is 4. The predicted molar refractivity (Wildman–Crippen MR) is 122 cm³/mol. The Kier molecular flexibility index (Phi) is 5.37. The first-order valence-corrected chi connectivity index (χ1v) is 11.4. The van der Waals surface area contributed by atoms with Gasteiger partial charge in [-0.25, -0.2) is 23.3 Å². The molecule has 1 aliphatic carbocycles. The van der Waals surface area contributed by atoms with Gasteiger partial charge in [0.1, 0.15) is 5.75 Å². The fourth-order valence-corrected chi connectivity index (χ4v) is 5.29. The van der Waals surface area contributed by atoms with Gasteiger partial charge in [0.15, 0.2) is 11.9 Å². The molecule has 3 atom stereocenters. The second-order valence-corrected chi connectivity index (χ2v) is 8.97. The molecule has 4 aromatic rings. The van der Waals surface area contributed by atoms with E-state index in [0.29, 0.717) is 39.9 Å². The summed E-state index contributed by atoms with van der Waals surface area (Å²) in [4.78, 5) is 22.5. The number of ether oxygens (including phenoxy) is 1. The molecule has 0 saturated heterocycles. The van der Waals surface area contributed by atoms with E-state index in [0.717, 1.165) is 5.56 Å². The second kappa shape index (κ2) is 8.51. The maximum Gasteiger partial charge on any atom is 0.387 e. The molecule has 2 aliphatic rings. The Bertz CT molecular complexity index is 1530. The highest BCUT2D eigenvalue weighted by atomic mass is 19.3. The third-order valence-electron chi connectivity index (χ3n) is 6.98.